The molecule has 0 heterocycles. The van der Waals surface area contributed by atoms with Gasteiger partial charge in [0.15, 0.2) is 11.5 Å². The van der Waals surface area contributed by atoms with Gasteiger partial charge < -0.3 is 14.2 Å². The van der Waals surface area contributed by atoms with Crippen molar-refractivity contribution in [3.63, 3.8) is 0 Å². The molecule has 0 saturated heterocycles. The minimum atomic E-state index is 0.322. The van der Waals surface area contributed by atoms with Crippen molar-refractivity contribution in [2.45, 2.75) is 13.3 Å². The molecule has 0 radical (unpaired) electrons. The van der Waals surface area contributed by atoms with Gasteiger partial charge in [-0.3, -0.25) is 0 Å². The van der Waals surface area contributed by atoms with Gasteiger partial charge in [-0.2, -0.15) is 5.26 Å². The van der Waals surface area contributed by atoms with E-state index in [1.54, 1.807) is 19.2 Å². The predicted molar refractivity (Wildman–Crippen MR) is 92.2 cm³/mol. The number of rotatable bonds is 7. The zero-order chi connectivity index (χ0) is 16.7. The highest BCUT2D eigenvalue weighted by Crippen LogP contribution is 2.34. The number of ether oxygens (including phenoxy) is 3. The fraction of sp³-hybridized carbons (Fsp3) is 0.278. The zero-order valence-corrected chi connectivity index (χ0v) is 14.7. The molecule has 0 N–H and O–H groups in total. The van der Waals surface area contributed by atoms with E-state index in [0.717, 1.165) is 16.6 Å². The van der Waals surface area contributed by atoms with Gasteiger partial charge in [0.1, 0.15) is 25.0 Å². The van der Waals surface area contributed by atoms with Crippen LogP contribution in [0.3, 0.4) is 0 Å². The van der Waals surface area contributed by atoms with Gasteiger partial charge in [-0.15, -0.1) is 0 Å². The summed E-state index contributed by atoms with van der Waals surface area (Å²) in [4.78, 5) is 0. The first-order valence-corrected chi connectivity index (χ1v) is 8.09. The molecule has 0 aliphatic heterocycles. The van der Waals surface area contributed by atoms with Gasteiger partial charge in [-0.05, 0) is 36.2 Å². The summed E-state index contributed by atoms with van der Waals surface area (Å²) in [6.07, 6.45) is 1.00. The summed E-state index contributed by atoms with van der Waals surface area (Å²) in [6, 6.07) is 13.5. The van der Waals surface area contributed by atoms with Crippen LogP contribution in [0.15, 0.2) is 40.9 Å². The summed E-state index contributed by atoms with van der Waals surface area (Å²) >= 11 is 3.34. The first kappa shape index (κ1) is 17.2. The molecule has 4 nitrogen and oxygen atoms in total. The second-order valence-corrected chi connectivity index (χ2v) is 5.71. The molecule has 2 aromatic carbocycles. The third-order valence-corrected chi connectivity index (χ3v) is 3.75. The molecule has 0 fully saturated rings. The summed E-state index contributed by atoms with van der Waals surface area (Å²) in [5.74, 6) is 1.75. The number of halogens is 1. The molecule has 2 rings (SSSR count). The molecule has 0 aliphatic carbocycles. The minimum Gasteiger partial charge on any atom is -0.493 e. The van der Waals surface area contributed by atoms with Crippen molar-refractivity contribution in [2.75, 3.05) is 20.3 Å². The van der Waals surface area contributed by atoms with Crippen molar-refractivity contribution in [3.8, 4) is 23.3 Å². The Morgan fingerprint density at radius 2 is 1.78 bits per heavy atom. The highest BCUT2D eigenvalue weighted by molar-refractivity contribution is 9.10. The maximum atomic E-state index is 9.21. The lowest BCUT2D eigenvalue weighted by atomic mass is 10.2. The zero-order valence-electron chi connectivity index (χ0n) is 13.1. The second-order valence-electron chi connectivity index (χ2n) is 4.79. The van der Waals surface area contributed by atoms with Crippen LogP contribution in [0.25, 0.3) is 0 Å². The van der Waals surface area contributed by atoms with Gasteiger partial charge in [-0.25, -0.2) is 0 Å². The number of benzene rings is 2. The fourth-order valence-corrected chi connectivity index (χ4v) is 2.51. The van der Waals surface area contributed by atoms with Crippen molar-refractivity contribution in [2.24, 2.45) is 0 Å². The number of aryl methyl sites for hydroxylation is 1. The third-order valence-electron chi connectivity index (χ3n) is 3.29. The summed E-state index contributed by atoms with van der Waals surface area (Å²) in [5.41, 5.74) is 1.69. The summed E-state index contributed by atoms with van der Waals surface area (Å²) in [7, 11) is 1.54. The Bertz CT molecular complexity index is 693. The average Bonchev–Trinajstić information content (AvgIpc) is 2.59. The Kier molecular flexibility index (Phi) is 6.30. The van der Waals surface area contributed by atoms with Gasteiger partial charge in [-0.1, -0.05) is 35.0 Å². The first-order chi connectivity index (χ1) is 11.2. The third kappa shape index (κ3) is 4.64. The topological polar surface area (TPSA) is 51.5 Å². The van der Waals surface area contributed by atoms with Gasteiger partial charge in [0, 0.05) is 4.47 Å². The number of hydrogen-bond acceptors (Lipinski definition) is 4. The Morgan fingerprint density at radius 3 is 2.39 bits per heavy atom. The number of methoxy groups -OCH3 is 1. The Morgan fingerprint density at radius 1 is 1.09 bits per heavy atom. The standard InChI is InChI=1S/C18H18BrNO3/c1-3-13-4-6-16(7-5-13)22-8-9-23-18-14(12-20)10-15(19)11-17(18)21-2/h4-7,10-11H,3,8-9H2,1-2H3. The van der Waals surface area contributed by atoms with E-state index >= 15 is 0 Å². The molecule has 0 atom stereocenters. The lowest BCUT2D eigenvalue weighted by Crippen LogP contribution is -2.10. The van der Waals surface area contributed by atoms with Crippen molar-refractivity contribution in [1.29, 1.82) is 5.26 Å². The number of nitriles is 1. The number of nitrogens with zero attached hydrogens (tertiary/aromatic N) is 1. The van der Waals surface area contributed by atoms with E-state index in [4.69, 9.17) is 14.2 Å². The SMILES string of the molecule is CCc1ccc(OCCOc2c(C#N)cc(Br)cc2OC)cc1. The Balaban J connectivity index is 1.94. The summed E-state index contributed by atoms with van der Waals surface area (Å²) < 4.78 is 17.3. The van der Waals surface area contributed by atoms with Gasteiger partial charge in [0.25, 0.3) is 0 Å². The Labute approximate surface area is 144 Å². The predicted octanol–water partition coefficient (Wildman–Crippen LogP) is 4.35. The molecular weight excluding hydrogens is 358 g/mol. The van der Waals surface area contributed by atoms with Crippen LogP contribution in [0.2, 0.25) is 0 Å². The van der Waals surface area contributed by atoms with Crippen LogP contribution in [0.4, 0.5) is 0 Å². The first-order valence-electron chi connectivity index (χ1n) is 7.30. The van der Waals surface area contributed by atoms with Crippen LogP contribution in [0, 0.1) is 11.3 Å². The van der Waals surface area contributed by atoms with Crippen LogP contribution in [0.5, 0.6) is 17.2 Å². The van der Waals surface area contributed by atoms with E-state index < -0.39 is 0 Å². The molecular formula is C18H18BrNO3. The molecule has 0 saturated carbocycles. The summed E-state index contributed by atoms with van der Waals surface area (Å²) in [6.45, 7) is 2.82. The van der Waals surface area contributed by atoms with E-state index in [1.807, 2.05) is 24.3 Å². The van der Waals surface area contributed by atoms with Crippen LogP contribution in [0.1, 0.15) is 18.1 Å². The lowest BCUT2D eigenvalue weighted by molar-refractivity contribution is 0.211. The maximum Gasteiger partial charge on any atom is 0.179 e. The molecule has 0 aromatic heterocycles. The highest BCUT2D eigenvalue weighted by atomic mass is 79.9. The second kappa shape index (κ2) is 8.44. The molecule has 0 aliphatic rings. The van der Waals surface area contributed by atoms with Crippen molar-refractivity contribution in [3.05, 3.63) is 52.0 Å². The normalized spacial score (nSPS) is 10.0. The molecule has 0 bridgehead atoms. The molecule has 0 amide bonds. The van der Waals surface area contributed by atoms with Gasteiger partial charge in [0.05, 0.1) is 12.7 Å². The largest absolute Gasteiger partial charge is 0.493 e. The van der Waals surface area contributed by atoms with E-state index in [0.29, 0.717) is 30.3 Å². The summed E-state index contributed by atoms with van der Waals surface area (Å²) in [5, 5.41) is 9.21. The monoisotopic (exact) mass is 375 g/mol. The van der Waals surface area contributed by atoms with Crippen LogP contribution in [-0.4, -0.2) is 20.3 Å². The molecule has 0 unspecified atom stereocenters. The van der Waals surface area contributed by atoms with Crippen LogP contribution < -0.4 is 14.2 Å². The van der Waals surface area contributed by atoms with Crippen molar-refractivity contribution in [1.82, 2.24) is 0 Å². The molecule has 2 aromatic rings. The minimum absolute atomic E-state index is 0.322. The Hall–Kier alpha value is -2.19. The van der Waals surface area contributed by atoms with Crippen molar-refractivity contribution >= 4 is 15.9 Å². The quantitative estimate of drug-likeness (QED) is 0.675. The fourth-order valence-electron chi connectivity index (χ4n) is 2.08. The molecule has 5 heteroatoms. The average molecular weight is 376 g/mol. The maximum absolute atomic E-state index is 9.21. The highest BCUT2D eigenvalue weighted by Gasteiger charge is 2.12. The smallest absolute Gasteiger partial charge is 0.179 e. The van der Waals surface area contributed by atoms with E-state index in [9.17, 15) is 5.26 Å². The van der Waals surface area contributed by atoms with E-state index in [2.05, 4.69) is 28.9 Å². The number of hydrogen-bond donors (Lipinski definition) is 0. The van der Waals surface area contributed by atoms with E-state index in [-0.39, 0.29) is 0 Å². The molecule has 120 valence electrons. The van der Waals surface area contributed by atoms with Crippen LogP contribution >= 0.6 is 15.9 Å². The van der Waals surface area contributed by atoms with Crippen molar-refractivity contribution < 1.29 is 14.2 Å². The van der Waals surface area contributed by atoms with E-state index in [1.165, 1.54) is 5.56 Å². The molecule has 0 spiro atoms. The van der Waals surface area contributed by atoms with Gasteiger partial charge >= 0.3 is 0 Å². The lowest BCUT2D eigenvalue weighted by Gasteiger charge is -2.13. The van der Waals surface area contributed by atoms with Gasteiger partial charge in [0.2, 0.25) is 0 Å². The molecule has 23 heavy (non-hydrogen) atoms. The van der Waals surface area contributed by atoms with Crippen LogP contribution in [-0.2, 0) is 6.42 Å².